The van der Waals surface area contributed by atoms with Gasteiger partial charge in [-0.15, -0.1) is 0 Å². The molecule has 67 heavy (non-hydrogen) atoms. The average Bonchev–Trinajstić information content (AvgIpc) is 3.75. The molecule has 1 aliphatic carbocycles. The predicted molar refractivity (Wildman–Crippen MR) is 281 cm³/mol. The van der Waals surface area contributed by atoms with Gasteiger partial charge in [-0.3, -0.25) is 4.98 Å². The van der Waals surface area contributed by atoms with Gasteiger partial charge in [0, 0.05) is 33.6 Å². The average molecular weight is 854 g/mol. The summed E-state index contributed by atoms with van der Waals surface area (Å²) in [4.78, 5) is 13.0. The monoisotopic (exact) mass is 853 g/mol. The number of anilines is 2. The molecule has 2 aliphatic rings. The normalized spacial score (nSPS) is 15.0. The molecule has 2 heterocycles. The summed E-state index contributed by atoms with van der Waals surface area (Å²) < 4.78 is 0. The Morgan fingerprint density at radius 2 is 0.806 bits per heavy atom. The molecule has 0 N–H and O–H groups in total. The zero-order chi connectivity index (χ0) is 44.3. The van der Waals surface area contributed by atoms with Crippen LogP contribution in [0, 0.1) is 0 Å². The zero-order valence-electron chi connectivity index (χ0n) is 36.7. The quantitative estimate of drug-likeness (QED) is 0.150. The van der Waals surface area contributed by atoms with Crippen LogP contribution < -0.4 is 4.90 Å². The second kappa shape index (κ2) is 16.1. The minimum absolute atomic E-state index is 0.280. The maximum Gasteiger partial charge on any atom is 0.0979 e. The summed E-state index contributed by atoms with van der Waals surface area (Å²) in [6.45, 7) is 0. The number of rotatable bonds is 7. The summed E-state index contributed by atoms with van der Waals surface area (Å²) in [5.41, 5.74) is 19.5. The lowest BCUT2D eigenvalue weighted by atomic mass is 9.89. The van der Waals surface area contributed by atoms with Crippen molar-refractivity contribution in [1.29, 1.82) is 0 Å². The van der Waals surface area contributed by atoms with E-state index >= 15 is 0 Å². The molecular weight excluding hydrogens is 811 g/mol. The molecule has 10 aromatic carbocycles. The number of allylic oxidation sites excluding steroid dienone is 2. The summed E-state index contributed by atoms with van der Waals surface area (Å²) >= 11 is 0. The highest BCUT2D eigenvalue weighted by molar-refractivity contribution is 6.24. The Hall–Kier alpha value is -8.66. The molecule has 314 valence electrons. The largest absolute Gasteiger partial charge is 0.333 e. The summed E-state index contributed by atoms with van der Waals surface area (Å²) in [6.07, 6.45) is 11.0. The fourth-order valence-electron chi connectivity index (χ4n) is 10.5. The van der Waals surface area contributed by atoms with Crippen molar-refractivity contribution in [2.45, 2.75) is 12.0 Å². The smallest absolute Gasteiger partial charge is 0.0979 e. The fourth-order valence-corrected chi connectivity index (χ4v) is 10.5. The number of nitrogens with zero attached hydrogens (tertiary/aromatic N) is 3. The summed E-state index contributed by atoms with van der Waals surface area (Å²) in [6, 6.07) is 79.3. The van der Waals surface area contributed by atoms with Gasteiger partial charge in [-0.05, 0) is 114 Å². The van der Waals surface area contributed by atoms with Crippen LogP contribution in [0.1, 0.15) is 11.5 Å². The molecule has 0 spiro atoms. The molecule has 2 atom stereocenters. The second-order valence-electron chi connectivity index (χ2n) is 17.7. The first-order valence-electron chi connectivity index (χ1n) is 23.1. The van der Waals surface area contributed by atoms with Crippen molar-refractivity contribution in [3.05, 3.63) is 254 Å². The van der Waals surface area contributed by atoms with Gasteiger partial charge in [-0.2, -0.15) is 0 Å². The minimum atomic E-state index is 0.280. The highest BCUT2D eigenvalue weighted by Crippen LogP contribution is 2.49. The van der Waals surface area contributed by atoms with Gasteiger partial charge in [0.15, 0.2) is 0 Å². The highest BCUT2D eigenvalue weighted by Gasteiger charge is 2.37. The van der Waals surface area contributed by atoms with Crippen LogP contribution in [0.4, 0.5) is 11.4 Å². The van der Waals surface area contributed by atoms with Crippen molar-refractivity contribution in [3.8, 4) is 66.9 Å². The molecule has 2 unspecified atom stereocenters. The van der Waals surface area contributed by atoms with E-state index in [1.807, 2.05) is 6.20 Å². The first-order valence-corrected chi connectivity index (χ1v) is 23.1. The van der Waals surface area contributed by atoms with Gasteiger partial charge in [0.2, 0.25) is 0 Å². The molecule has 3 nitrogen and oxygen atoms in total. The fraction of sp³-hybridized carbons (Fsp3) is 0.0312. The van der Waals surface area contributed by atoms with E-state index in [4.69, 9.17) is 9.97 Å². The number of benzene rings is 10. The third kappa shape index (κ3) is 6.83. The Kier molecular flexibility index (Phi) is 9.31. The lowest BCUT2D eigenvalue weighted by Gasteiger charge is -2.28. The molecule has 1 aromatic heterocycles. The van der Waals surface area contributed by atoms with Crippen LogP contribution in [0.2, 0.25) is 0 Å². The Balaban J connectivity index is 0.800. The molecule has 1 aliphatic heterocycles. The lowest BCUT2D eigenvalue weighted by Crippen LogP contribution is -2.28. The highest BCUT2D eigenvalue weighted by atomic mass is 15.2. The molecular formula is C64H43N3. The van der Waals surface area contributed by atoms with Crippen molar-refractivity contribution < 1.29 is 0 Å². The summed E-state index contributed by atoms with van der Waals surface area (Å²) in [5, 5.41) is 4.54. The van der Waals surface area contributed by atoms with Gasteiger partial charge in [-0.25, -0.2) is 4.98 Å². The van der Waals surface area contributed by atoms with Crippen LogP contribution in [0.5, 0.6) is 0 Å². The third-order valence-corrected chi connectivity index (χ3v) is 13.8. The molecule has 0 fully saturated rings. The lowest BCUT2D eigenvalue weighted by molar-refractivity contribution is 0.745. The van der Waals surface area contributed by atoms with Gasteiger partial charge in [0.1, 0.15) is 0 Å². The Morgan fingerprint density at radius 1 is 0.343 bits per heavy atom. The number of aromatic nitrogens is 2. The van der Waals surface area contributed by atoms with Crippen molar-refractivity contribution in [2.75, 3.05) is 4.90 Å². The Labute approximate surface area is 390 Å². The van der Waals surface area contributed by atoms with E-state index in [1.54, 1.807) is 0 Å². The molecule has 13 rings (SSSR count). The SMILES string of the molecule is C1=CC2c3cc(-c4ccc(-c5cccc(-c6ccc(-c7cnc8c9ccc(-c%10ccccc%10)cc9c9cc(-c%10ccccc%10)ccc9c8n7)cc6)c5)cc4)ccc3N(c3ccccc3)C2C=C1. The zero-order valence-corrected chi connectivity index (χ0v) is 36.7. The molecule has 0 amide bonds. The summed E-state index contributed by atoms with van der Waals surface area (Å²) in [5.74, 6) is 0.321. The van der Waals surface area contributed by atoms with E-state index in [0.29, 0.717) is 5.92 Å². The maximum absolute atomic E-state index is 5.37. The van der Waals surface area contributed by atoms with Gasteiger partial charge in [0.25, 0.3) is 0 Å². The van der Waals surface area contributed by atoms with Crippen LogP contribution in [-0.2, 0) is 0 Å². The molecule has 0 saturated carbocycles. The van der Waals surface area contributed by atoms with E-state index in [9.17, 15) is 0 Å². The van der Waals surface area contributed by atoms with E-state index in [2.05, 4.69) is 248 Å². The van der Waals surface area contributed by atoms with Crippen molar-refractivity contribution >= 4 is 44.0 Å². The Morgan fingerprint density at radius 3 is 1.42 bits per heavy atom. The third-order valence-electron chi connectivity index (χ3n) is 13.8. The molecule has 0 saturated heterocycles. The van der Waals surface area contributed by atoms with Crippen molar-refractivity contribution in [1.82, 2.24) is 9.97 Å². The van der Waals surface area contributed by atoms with E-state index < -0.39 is 0 Å². The standard InChI is InChI=1S/C64H43N3/c1-4-13-42(14-5-1)50-31-34-55-57(38-50)58-39-51(43-15-6-2-7-16-43)32-35-56(58)64-63(55)65-41-60(66-64)47-29-27-45(28-30-47)49-18-12-17-48(37-49)44-23-25-46(26-24-44)52-33-36-62-59(40-52)54-21-10-11-22-61(54)67(62)53-19-8-3-9-20-53/h1-41,54,61H. The topological polar surface area (TPSA) is 29.0 Å². The second-order valence-corrected chi connectivity index (χ2v) is 17.7. The van der Waals surface area contributed by atoms with Crippen LogP contribution in [0.15, 0.2) is 249 Å². The van der Waals surface area contributed by atoms with Gasteiger partial charge < -0.3 is 4.90 Å². The van der Waals surface area contributed by atoms with E-state index in [0.717, 1.165) is 38.6 Å². The molecule has 11 aromatic rings. The molecule has 0 bridgehead atoms. The van der Waals surface area contributed by atoms with Crippen LogP contribution in [-0.4, -0.2) is 16.0 Å². The van der Waals surface area contributed by atoms with Crippen LogP contribution >= 0.6 is 0 Å². The molecule has 0 radical (unpaired) electrons. The van der Waals surface area contributed by atoms with E-state index in [-0.39, 0.29) is 6.04 Å². The Bertz CT molecular complexity index is 3730. The predicted octanol–water partition coefficient (Wildman–Crippen LogP) is 16.7. The summed E-state index contributed by atoms with van der Waals surface area (Å²) in [7, 11) is 0. The van der Waals surface area contributed by atoms with Crippen LogP contribution in [0.3, 0.4) is 0 Å². The number of para-hydroxylation sites is 1. The maximum atomic E-state index is 5.37. The van der Waals surface area contributed by atoms with Crippen LogP contribution in [0.25, 0.3) is 99.5 Å². The van der Waals surface area contributed by atoms with E-state index in [1.165, 1.54) is 77.8 Å². The van der Waals surface area contributed by atoms with Crippen molar-refractivity contribution in [2.24, 2.45) is 0 Å². The number of fused-ring (bicyclic) bond motifs is 9. The number of hydrogen-bond donors (Lipinski definition) is 0. The first-order chi connectivity index (χ1) is 33.2. The molecule has 3 heteroatoms. The first kappa shape index (κ1) is 38.8. The number of hydrogen-bond acceptors (Lipinski definition) is 3. The van der Waals surface area contributed by atoms with Gasteiger partial charge in [-0.1, -0.05) is 200 Å². The minimum Gasteiger partial charge on any atom is -0.333 e. The van der Waals surface area contributed by atoms with Gasteiger partial charge >= 0.3 is 0 Å². The van der Waals surface area contributed by atoms with Gasteiger partial charge in [0.05, 0.1) is 29.0 Å². The van der Waals surface area contributed by atoms with Crippen molar-refractivity contribution in [3.63, 3.8) is 0 Å².